The molecule has 0 spiro atoms. The minimum atomic E-state index is -0.00727. The van der Waals surface area contributed by atoms with Gasteiger partial charge in [-0.3, -0.25) is 4.79 Å². The van der Waals surface area contributed by atoms with Gasteiger partial charge < -0.3 is 5.73 Å². The van der Waals surface area contributed by atoms with Gasteiger partial charge in [-0.25, -0.2) is 0 Å². The van der Waals surface area contributed by atoms with Crippen molar-refractivity contribution in [2.75, 3.05) is 5.73 Å². The van der Waals surface area contributed by atoms with Crippen molar-refractivity contribution in [3.63, 3.8) is 0 Å². The van der Waals surface area contributed by atoms with Crippen LogP contribution in [0.1, 0.15) is 21.5 Å². The Kier molecular flexibility index (Phi) is 3.42. The van der Waals surface area contributed by atoms with E-state index in [1.54, 1.807) is 11.3 Å². The average Bonchev–Trinajstić information content (AvgIpc) is 3.05. The maximum Gasteiger partial charge on any atom is 0.196 e. The summed E-state index contributed by atoms with van der Waals surface area (Å²) >= 11 is 3.07. The quantitative estimate of drug-likeness (QED) is 0.718. The Morgan fingerprint density at radius 2 is 1.85 bits per heavy atom. The maximum absolute atomic E-state index is 12.7. The van der Waals surface area contributed by atoms with Crippen LogP contribution in [0.15, 0.2) is 47.2 Å². The summed E-state index contributed by atoms with van der Waals surface area (Å²) in [4.78, 5) is 13.8. The lowest BCUT2D eigenvalue weighted by Gasteiger charge is -2.05. The molecular formula is C16H13NOS2. The van der Waals surface area contributed by atoms with Crippen molar-refractivity contribution >= 4 is 33.5 Å². The highest BCUT2D eigenvalue weighted by Gasteiger charge is 2.21. The molecule has 0 amide bonds. The van der Waals surface area contributed by atoms with Crippen LogP contribution in [-0.4, -0.2) is 5.78 Å². The lowest BCUT2D eigenvalue weighted by atomic mass is 10.00. The van der Waals surface area contributed by atoms with Crippen LogP contribution in [0.2, 0.25) is 0 Å². The fourth-order valence-corrected chi connectivity index (χ4v) is 3.98. The molecule has 0 fully saturated rings. The smallest absolute Gasteiger partial charge is 0.196 e. The topological polar surface area (TPSA) is 43.1 Å². The van der Waals surface area contributed by atoms with Gasteiger partial charge in [0.2, 0.25) is 0 Å². The largest absolute Gasteiger partial charge is 0.390 e. The van der Waals surface area contributed by atoms with Gasteiger partial charge in [-0.05, 0) is 23.9 Å². The highest BCUT2D eigenvalue weighted by molar-refractivity contribution is 7.16. The van der Waals surface area contributed by atoms with Gasteiger partial charge in [0.1, 0.15) is 0 Å². The molecule has 3 aromatic rings. The standard InChI is InChI=1S/C16H13NOS2/c1-10-7-8-19-15(10)12-9-20-16(17)13(12)14(18)11-5-3-2-4-6-11/h2-9H,17H2,1H3. The van der Waals surface area contributed by atoms with Crippen molar-refractivity contribution in [3.8, 4) is 10.4 Å². The highest BCUT2D eigenvalue weighted by Crippen LogP contribution is 2.39. The van der Waals surface area contributed by atoms with Gasteiger partial charge in [-0.2, -0.15) is 0 Å². The average molecular weight is 299 g/mol. The molecule has 0 saturated heterocycles. The van der Waals surface area contributed by atoms with E-state index in [1.807, 2.05) is 41.1 Å². The Bertz CT molecular complexity index is 756. The monoisotopic (exact) mass is 299 g/mol. The number of anilines is 1. The number of hydrogen-bond donors (Lipinski definition) is 1. The summed E-state index contributed by atoms with van der Waals surface area (Å²) in [6, 6.07) is 11.3. The molecule has 4 heteroatoms. The third-order valence-electron chi connectivity index (χ3n) is 3.19. The van der Waals surface area contributed by atoms with E-state index >= 15 is 0 Å². The molecule has 0 bridgehead atoms. The van der Waals surface area contributed by atoms with Crippen LogP contribution in [0.4, 0.5) is 5.00 Å². The van der Waals surface area contributed by atoms with Crippen LogP contribution in [0.5, 0.6) is 0 Å². The molecule has 0 aliphatic heterocycles. The summed E-state index contributed by atoms with van der Waals surface area (Å²) in [5.74, 6) is -0.00727. The zero-order chi connectivity index (χ0) is 14.1. The molecule has 0 saturated carbocycles. The van der Waals surface area contributed by atoms with Crippen molar-refractivity contribution < 1.29 is 4.79 Å². The van der Waals surface area contributed by atoms with E-state index in [9.17, 15) is 4.79 Å². The number of hydrogen-bond acceptors (Lipinski definition) is 4. The Balaban J connectivity index is 2.13. The molecular weight excluding hydrogens is 286 g/mol. The second-order valence-electron chi connectivity index (χ2n) is 4.52. The predicted octanol–water partition coefficient (Wildman–Crippen LogP) is 4.60. The number of rotatable bonds is 3. The van der Waals surface area contributed by atoms with Crippen LogP contribution < -0.4 is 5.73 Å². The number of ketones is 1. The summed E-state index contributed by atoms with van der Waals surface area (Å²) < 4.78 is 0. The van der Waals surface area contributed by atoms with Crippen molar-refractivity contribution in [1.29, 1.82) is 0 Å². The van der Waals surface area contributed by atoms with Crippen molar-refractivity contribution in [2.24, 2.45) is 0 Å². The van der Waals surface area contributed by atoms with Gasteiger partial charge in [-0.1, -0.05) is 30.3 Å². The number of carbonyl (C=O) groups is 1. The van der Waals surface area contributed by atoms with Crippen molar-refractivity contribution in [3.05, 3.63) is 63.8 Å². The summed E-state index contributed by atoms with van der Waals surface area (Å²) in [5.41, 5.74) is 9.47. The normalized spacial score (nSPS) is 10.7. The summed E-state index contributed by atoms with van der Waals surface area (Å²) in [5, 5.41) is 4.60. The van der Waals surface area contributed by atoms with Gasteiger partial charge in [0.05, 0.1) is 10.6 Å². The van der Waals surface area contributed by atoms with Crippen LogP contribution in [-0.2, 0) is 0 Å². The summed E-state index contributed by atoms with van der Waals surface area (Å²) in [6.07, 6.45) is 0. The first-order valence-corrected chi connectivity index (χ1v) is 7.95. The molecule has 0 unspecified atom stereocenters. The Labute approximate surface area is 125 Å². The van der Waals surface area contributed by atoms with Crippen LogP contribution in [0.25, 0.3) is 10.4 Å². The zero-order valence-electron chi connectivity index (χ0n) is 10.9. The molecule has 2 N–H and O–H groups in total. The second-order valence-corrected chi connectivity index (χ2v) is 6.34. The molecule has 0 aliphatic carbocycles. The first-order valence-electron chi connectivity index (χ1n) is 6.19. The molecule has 0 aliphatic rings. The first kappa shape index (κ1) is 13.1. The second kappa shape index (κ2) is 5.23. The predicted molar refractivity (Wildman–Crippen MR) is 86.7 cm³/mol. The number of nitrogen functional groups attached to an aromatic ring is 1. The third-order valence-corrected chi connectivity index (χ3v) is 5.05. The van der Waals surface area contributed by atoms with E-state index in [-0.39, 0.29) is 5.78 Å². The van der Waals surface area contributed by atoms with Crippen LogP contribution in [0, 0.1) is 6.92 Å². The summed E-state index contributed by atoms with van der Waals surface area (Å²) in [7, 11) is 0. The van der Waals surface area contributed by atoms with E-state index < -0.39 is 0 Å². The van der Waals surface area contributed by atoms with E-state index in [2.05, 4.69) is 13.0 Å². The number of nitrogens with two attached hydrogens (primary N) is 1. The number of benzene rings is 1. The van der Waals surface area contributed by atoms with E-state index in [0.717, 1.165) is 10.4 Å². The number of thiophene rings is 2. The molecule has 2 aromatic heterocycles. The molecule has 1 aromatic carbocycles. The van der Waals surface area contributed by atoms with Crippen molar-refractivity contribution in [1.82, 2.24) is 0 Å². The van der Waals surface area contributed by atoms with Gasteiger partial charge in [0.15, 0.2) is 5.78 Å². The Hall–Kier alpha value is -1.91. The number of carbonyl (C=O) groups excluding carboxylic acids is 1. The molecule has 2 nitrogen and oxygen atoms in total. The van der Waals surface area contributed by atoms with Gasteiger partial charge in [0, 0.05) is 21.4 Å². The first-order chi connectivity index (χ1) is 9.68. The fraction of sp³-hybridized carbons (Fsp3) is 0.0625. The SMILES string of the molecule is Cc1ccsc1-c1csc(N)c1C(=O)c1ccccc1. The molecule has 3 rings (SSSR count). The van der Waals surface area contributed by atoms with Crippen LogP contribution in [0.3, 0.4) is 0 Å². The number of aryl methyl sites for hydroxylation is 1. The molecule has 2 heterocycles. The van der Waals surface area contributed by atoms with E-state index in [1.165, 1.54) is 16.9 Å². The Morgan fingerprint density at radius 1 is 1.10 bits per heavy atom. The minimum absolute atomic E-state index is 0.00727. The molecule has 0 radical (unpaired) electrons. The Morgan fingerprint density at radius 3 is 2.50 bits per heavy atom. The van der Waals surface area contributed by atoms with Crippen LogP contribution >= 0.6 is 22.7 Å². The van der Waals surface area contributed by atoms with E-state index in [0.29, 0.717) is 16.1 Å². The highest BCUT2D eigenvalue weighted by atomic mass is 32.1. The zero-order valence-corrected chi connectivity index (χ0v) is 12.6. The lowest BCUT2D eigenvalue weighted by molar-refractivity contribution is 0.104. The maximum atomic E-state index is 12.7. The van der Waals surface area contributed by atoms with Gasteiger partial charge >= 0.3 is 0 Å². The molecule has 20 heavy (non-hydrogen) atoms. The van der Waals surface area contributed by atoms with Crippen molar-refractivity contribution in [2.45, 2.75) is 6.92 Å². The minimum Gasteiger partial charge on any atom is -0.390 e. The van der Waals surface area contributed by atoms with E-state index in [4.69, 9.17) is 5.73 Å². The summed E-state index contributed by atoms with van der Waals surface area (Å²) in [6.45, 7) is 2.05. The van der Waals surface area contributed by atoms with Gasteiger partial charge in [0.25, 0.3) is 0 Å². The molecule has 0 atom stereocenters. The lowest BCUT2D eigenvalue weighted by Crippen LogP contribution is -2.04. The van der Waals surface area contributed by atoms with Gasteiger partial charge in [-0.15, -0.1) is 22.7 Å². The molecule has 100 valence electrons. The third kappa shape index (κ3) is 2.17. The fourth-order valence-electron chi connectivity index (χ4n) is 2.16.